The maximum Gasteiger partial charge on any atom is 0.180 e. The fourth-order valence-corrected chi connectivity index (χ4v) is 3.26. The van der Waals surface area contributed by atoms with Crippen molar-refractivity contribution >= 4 is 43.7 Å². The molecule has 0 atom stereocenters. The minimum Gasteiger partial charge on any atom is -0.375 e. The molecule has 0 aromatic carbocycles. The molecule has 20 heavy (non-hydrogen) atoms. The number of nitrogens with two attached hydrogens (primary N) is 1. The summed E-state index contributed by atoms with van der Waals surface area (Å²) in [5.41, 5.74) is 8.03. The Bertz CT molecular complexity index is 497. The molecule has 2 heterocycles. The number of anilines is 1. The largest absolute Gasteiger partial charge is 0.375 e. The zero-order valence-corrected chi connectivity index (χ0v) is 16.0. The van der Waals surface area contributed by atoms with Gasteiger partial charge in [-0.1, -0.05) is 41.5 Å². The molecule has 0 aliphatic heterocycles. The number of thiazole rings is 2. The predicted molar refractivity (Wildman–Crippen MR) is 93.7 cm³/mol. The number of nitrogens with zero attached hydrogens (tertiary/aromatic N) is 2. The molecular weight excluding hydrogens is 354 g/mol. The first kappa shape index (κ1) is 17.6. The van der Waals surface area contributed by atoms with E-state index in [1.807, 2.05) is 5.38 Å². The van der Waals surface area contributed by atoms with E-state index in [2.05, 4.69) is 72.8 Å². The second-order valence-corrected chi connectivity index (χ2v) is 9.58. The van der Waals surface area contributed by atoms with Crippen LogP contribution in [0.15, 0.2) is 14.7 Å². The number of rotatable bonds is 0. The van der Waals surface area contributed by atoms with Crippen LogP contribution in [0.3, 0.4) is 0 Å². The molecule has 0 radical (unpaired) electrons. The van der Waals surface area contributed by atoms with Crippen LogP contribution in [0.4, 0.5) is 5.13 Å². The molecule has 2 aromatic heterocycles. The lowest BCUT2D eigenvalue weighted by molar-refractivity contribution is 0.572. The second-order valence-electron chi connectivity index (χ2n) is 6.56. The highest BCUT2D eigenvalue weighted by Crippen LogP contribution is 2.26. The molecule has 0 unspecified atom stereocenters. The molecule has 0 bridgehead atoms. The third-order valence-electron chi connectivity index (χ3n) is 2.53. The minimum absolute atomic E-state index is 0.133. The fraction of sp³-hybridized carbons (Fsp3) is 0.571. The molecule has 2 rings (SSSR count). The van der Waals surface area contributed by atoms with Crippen LogP contribution in [0.1, 0.15) is 52.9 Å². The lowest BCUT2D eigenvalue weighted by Gasteiger charge is -2.13. The molecule has 0 fully saturated rings. The maximum atomic E-state index is 5.48. The lowest BCUT2D eigenvalue weighted by atomic mass is 9.93. The van der Waals surface area contributed by atoms with Gasteiger partial charge in [0.25, 0.3) is 0 Å². The second kappa shape index (κ2) is 6.54. The van der Waals surface area contributed by atoms with Gasteiger partial charge < -0.3 is 5.73 Å². The number of hydrogen-bond donors (Lipinski definition) is 1. The normalized spacial score (nSPS) is 11.9. The van der Waals surface area contributed by atoms with Crippen LogP contribution in [0.5, 0.6) is 0 Å². The Labute approximate surface area is 137 Å². The molecule has 6 heteroatoms. The highest BCUT2D eigenvalue weighted by atomic mass is 79.9. The van der Waals surface area contributed by atoms with Crippen molar-refractivity contribution in [3.8, 4) is 0 Å². The maximum absolute atomic E-state index is 5.48. The molecule has 0 saturated carbocycles. The van der Waals surface area contributed by atoms with Crippen LogP contribution in [-0.4, -0.2) is 9.97 Å². The van der Waals surface area contributed by atoms with Crippen molar-refractivity contribution in [2.75, 3.05) is 5.73 Å². The van der Waals surface area contributed by atoms with Gasteiger partial charge in [-0.25, -0.2) is 9.97 Å². The van der Waals surface area contributed by atoms with Crippen LogP contribution < -0.4 is 5.73 Å². The highest BCUT2D eigenvalue weighted by Gasteiger charge is 2.16. The van der Waals surface area contributed by atoms with Crippen LogP contribution >= 0.6 is 38.6 Å². The standard InChI is InChI=1S/C7H10BrNS.C7H12N2S/c2*1-7(2,3)5-4-10-6(8)9-5/h4H,1-3H3;4H,1-3H3,(H2,8,9). The Morgan fingerprint density at radius 1 is 0.900 bits per heavy atom. The number of aromatic nitrogens is 2. The summed E-state index contributed by atoms with van der Waals surface area (Å²) in [4.78, 5) is 8.50. The highest BCUT2D eigenvalue weighted by molar-refractivity contribution is 9.11. The molecule has 0 aliphatic carbocycles. The van der Waals surface area contributed by atoms with Gasteiger partial charge in [-0.2, -0.15) is 0 Å². The van der Waals surface area contributed by atoms with Crippen molar-refractivity contribution in [1.29, 1.82) is 0 Å². The molecular formula is C14H22BrN3S2. The lowest BCUT2D eigenvalue weighted by Crippen LogP contribution is -2.11. The average molecular weight is 376 g/mol. The molecule has 0 amide bonds. The van der Waals surface area contributed by atoms with Crippen molar-refractivity contribution in [2.24, 2.45) is 0 Å². The smallest absolute Gasteiger partial charge is 0.180 e. The van der Waals surface area contributed by atoms with Gasteiger partial charge in [-0.05, 0) is 15.9 Å². The first-order valence-electron chi connectivity index (χ1n) is 6.33. The predicted octanol–water partition coefficient (Wildman–Crippen LogP) is 5.23. The van der Waals surface area contributed by atoms with Gasteiger partial charge in [0, 0.05) is 21.6 Å². The first-order valence-corrected chi connectivity index (χ1v) is 8.88. The summed E-state index contributed by atoms with van der Waals surface area (Å²) in [5.74, 6) is 0. The minimum atomic E-state index is 0.133. The molecule has 0 spiro atoms. The molecule has 2 aromatic rings. The quantitative estimate of drug-likeness (QED) is 0.685. The molecule has 3 nitrogen and oxygen atoms in total. The van der Waals surface area contributed by atoms with Gasteiger partial charge in [0.15, 0.2) is 9.05 Å². The van der Waals surface area contributed by atoms with Gasteiger partial charge in [0.1, 0.15) is 0 Å². The van der Waals surface area contributed by atoms with E-state index in [0.717, 1.165) is 15.3 Å². The van der Waals surface area contributed by atoms with Crippen LogP contribution in [0.25, 0.3) is 0 Å². The number of halogens is 1. The molecule has 112 valence electrons. The first-order chi connectivity index (χ1) is 9.00. The topological polar surface area (TPSA) is 51.8 Å². The van der Waals surface area contributed by atoms with E-state index in [1.54, 1.807) is 11.3 Å². The van der Waals surface area contributed by atoms with E-state index in [0.29, 0.717) is 5.13 Å². The van der Waals surface area contributed by atoms with Gasteiger partial charge in [-0.3, -0.25) is 0 Å². The zero-order valence-electron chi connectivity index (χ0n) is 12.8. The van der Waals surface area contributed by atoms with E-state index >= 15 is 0 Å². The third-order valence-corrected chi connectivity index (χ3v) is 4.57. The molecule has 0 aliphatic rings. The molecule has 0 saturated heterocycles. The summed E-state index contributed by atoms with van der Waals surface area (Å²) in [6.45, 7) is 12.9. The van der Waals surface area contributed by atoms with Crippen molar-refractivity contribution in [2.45, 2.75) is 52.4 Å². The van der Waals surface area contributed by atoms with Gasteiger partial charge in [-0.15, -0.1) is 22.7 Å². The fourth-order valence-electron chi connectivity index (χ4n) is 1.23. The van der Waals surface area contributed by atoms with Gasteiger partial charge in [0.05, 0.1) is 11.4 Å². The SMILES string of the molecule is CC(C)(C)c1csc(Br)n1.CC(C)(C)c1csc(N)n1. The Morgan fingerprint density at radius 3 is 1.55 bits per heavy atom. The van der Waals surface area contributed by atoms with E-state index in [9.17, 15) is 0 Å². The van der Waals surface area contributed by atoms with E-state index in [4.69, 9.17) is 5.73 Å². The summed E-state index contributed by atoms with van der Waals surface area (Å²) in [6, 6.07) is 0. The monoisotopic (exact) mass is 375 g/mol. The summed E-state index contributed by atoms with van der Waals surface area (Å²) in [7, 11) is 0. The van der Waals surface area contributed by atoms with E-state index in [1.165, 1.54) is 11.3 Å². The van der Waals surface area contributed by atoms with Crippen molar-refractivity contribution in [1.82, 2.24) is 9.97 Å². The van der Waals surface area contributed by atoms with Gasteiger partial charge in [0.2, 0.25) is 0 Å². The summed E-state index contributed by atoms with van der Waals surface area (Å²) < 4.78 is 0.970. The average Bonchev–Trinajstić information content (AvgIpc) is 2.85. The van der Waals surface area contributed by atoms with E-state index < -0.39 is 0 Å². The summed E-state index contributed by atoms with van der Waals surface area (Å²) >= 11 is 6.47. The Kier molecular flexibility index (Phi) is 5.75. The number of nitrogen functional groups attached to an aromatic ring is 1. The molecule has 2 N–H and O–H groups in total. The Morgan fingerprint density at radius 2 is 1.35 bits per heavy atom. The van der Waals surface area contributed by atoms with Crippen LogP contribution in [-0.2, 0) is 10.8 Å². The Balaban J connectivity index is 0.000000200. The van der Waals surface area contributed by atoms with Crippen molar-refractivity contribution < 1.29 is 0 Å². The third kappa shape index (κ3) is 5.50. The van der Waals surface area contributed by atoms with Crippen LogP contribution in [0, 0.1) is 0 Å². The Hall–Kier alpha value is -0.460. The zero-order chi connectivity index (χ0) is 15.6. The summed E-state index contributed by atoms with van der Waals surface area (Å²) in [5, 5.41) is 4.75. The van der Waals surface area contributed by atoms with Gasteiger partial charge >= 0.3 is 0 Å². The van der Waals surface area contributed by atoms with E-state index in [-0.39, 0.29) is 10.8 Å². The van der Waals surface area contributed by atoms with Crippen molar-refractivity contribution in [3.05, 3.63) is 26.1 Å². The number of hydrogen-bond acceptors (Lipinski definition) is 5. The van der Waals surface area contributed by atoms with Crippen LogP contribution in [0.2, 0.25) is 0 Å². The summed E-state index contributed by atoms with van der Waals surface area (Å²) in [6.07, 6.45) is 0. The van der Waals surface area contributed by atoms with Crippen molar-refractivity contribution in [3.63, 3.8) is 0 Å².